The lowest BCUT2D eigenvalue weighted by molar-refractivity contribution is 0.325. The number of rotatable bonds is 1. The summed E-state index contributed by atoms with van der Waals surface area (Å²) in [6.07, 6.45) is 2.29. The lowest BCUT2D eigenvalue weighted by Gasteiger charge is -2.14. The molecule has 1 aliphatic heterocycles. The molecule has 105 valence electrons. The standard InChI is InChI=1S/C12H14N2O.C2H6.CH4.B.H2/c1-2-4-10-9(3-1)5-6-11(10)14-12-13-7-8-15-12;1-2;;;/h1-4,11H,5-8H2,(H,13,14);1-2H3;1H4;;1H/i;;;;1+1. The van der Waals surface area contributed by atoms with Crippen molar-refractivity contribution in [2.75, 3.05) is 13.2 Å². The molecule has 0 fully saturated rings. The molecule has 0 saturated heterocycles. The van der Waals surface area contributed by atoms with E-state index < -0.39 is 0 Å². The van der Waals surface area contributed by atoms with Gasteiger partial charge in [-0.2, -0.15) is 0 Å². The van der Waals surface area contributed by atoms with Crippen LogP contribution in [0.1, 0.15) is 46.3 Å². The predicted octanol–water partition coefficient (Wildman–Crippen LogP) is 3.18. The average Bonchev–Trinajstić information content (AvgIpc) is 3.03. The van der Waals surface area contributed by atoms with Gasteiger partial charge in [-0.3, -0.25) is 0 Å². The molecule has 2 aliphatic rings. The molecule has 1 atom stereocenters. The topological polar surface area (TPSA) is 33.6 Å². The Balaban J connectivity index is 0. The van der Waals surface area contributed by atoms with Crippen LogP contribution in [0.25, 0.3) is 0 Å². The molecular formula is C15H26BN2O. The quantitative estimate of drug-likeness (QED) is 0.788. The molecule has 1 aromatic rings. The van der Waals surface area contributed by atoms with E-state index in [4.69, 9.17) is 4.74 Å². The molecule has 0 aromatic heterocycles. The minimum Gasteiger partial charge on any atom is -0.463 e. The smallest absolute Gasteiger partial charge is 0.285 e. The maximum absolute atomic E-state index is 5.37. The highest BCUT2D eigenvalue weighted by atomic mass is 16.5. The summed E-state index contributed by atoms with van der Waals surface area (Å²) in [4.78, 5) is 4.26. The molecule has 0 amide bonds. The fourth-order valence-corrected chi connectivity index (χ4v) is 2.28. The Bertz CT molecular complexity index is 413. The molecule has 3 rings (SSSR count). The molecule has 3 radical (unpaired) electrons. The third-order valence-electron chi connectivity index (χ3n) is 3.02. The van der Waals surface area contributed by atoms with Crippen LogP contribution in [0.5, 0.6) is 0 Å². The maximum Gasteiger partial charge on any atom is 0.285 e. The number of fused-ring (bicyclic) bond motifs is 1. The van der Waals surface area contributed by atoms with Crippen LogP contribution in [0.4, 0.5) is 0 Å². The van der Waals surface area contributed by atoms with Crippen molar-refractivity contribution in [3.8, 4) is 0 Å². The molecule has 19 heavy (non-hydrogen) atoms. The Hall–Kier alpha value is -1.45. The summed E-state index contributed by atoms with van der Waals surface area (Å²) in [6.45, 7) is 5.51. The van der Waals surface area contributed by atoms with Crippen LogP contribution in [-0.2, 0) is 11.2 Å². The lowest BCUT2D eigenvalue weighted by atomic mass is 10.1. The summed E-state index contributed by atoms with van der Waals surface area (Å²) in [5.41, 5.74) is 2.85. The van der Waals surface area contributed by atoms with Gasteiger partial charge in [0, 0.05) is 9.84 Å². The minimum atomic E-state index is 0. The van der Waals surface area contributed by atoms with Gasteiger partial charge in [-0.05, 0) is 24.0 Å². The monoisotopic (exact) mass is 262 g/mol. The Kier molecular flexibility index (Phi) is 7.97. The number of nitrogens with one attached hydrogen (secondary N) is 1. The van der Waals surface area contributed by atoms with Gasteiger partial charge in [0.2, 0.25) is 0 Å². The van der Waals surface area contributed by atoms with Crippen LogP contribution >= 0.6 is 0 Å². The van der Waals surface area contributed by atoms with Gasteiger partial charge in [0.25, 0.3) is 6.02 Å². The molecule has 1 aromatic carbocycles. The second-order valence-corrected chi connectivity index (χ2v) is 3.97. The van der Waals surface area contributed by atoms with E-state index >= 15 is 0 Å². The van der Waals surface area contributed by atoms with E-state index in [2.05, 4.69) is 34.6 Å². The number of hydrogen-bond donors (Lipinski definition) is 1. The van der Waals surface area contributed by atoms with Gasteiger partial charge in [-0.1, -0.05) is 45.5 Å². The van der Waals surface area contributed by atoms with Crippen LogP contribution in [0.15, 0.2) is 29.3 Å². The highest BCUT2D eigenvalue weighted by molar-refractivity contribution is 5.76. The Labute approximate surface area is 120 Å². The number of nitrogens with zero attached hydrogens (tertiary/aromatic N) is 1. The summed E-state index contributed by atoms with van der Waals surface area (Å²) < 4.78 is 5.37. The van der Waals surface area contributed by atoms with Gasteiger partial charge in [0.15, 0.2) is 0 Å². The van der Waals surface area contributed by atoms with Crippen molar-refractivity contribution in [2.45, 2.75) is 40.2 Å². The lowest BCUT2D eigenvalue weighted by Crippen LogP contribution is -2.27. The van der Waals surface area contributed by atoms with E-state index in [-0.39, 0.29) is 17.3 Å². The average molecular weight is 262 g/mol. The Morgan fingerprint density at radius 2 is 2.05 bits per heavy atom. The third-order valence-corrected chi connectivity index (χ3v) is 3.02. The normalized spacial score (nSPS) is 18.6. The van der Waals surface area contributed by atoms with Crippen LogP contribution < -0.4 is 5.32 Å². The van der Waals surface area contributed by atoms with Crippen LogP contribution in [0.2, 0.25) is 0 Å². The van der Waals surface area contributed by atoms with Crippen molar-refractivity contribution < 1.29 is 6.16 Å². The molecule has 0 saturated carbocycles. The molecule has 0 bridgehead atoms. The van der Waals surface area contributed by atoms with E-state index in [1.54, 1.807) is 0 Å². The summed E-state index contributed by atoms with van der Waals surface area (Å²) in [6, 6.07) is 9.69. The van der Waals surface area contributed by atoms with Crippen molar-refractivity contribution >= 4 is 14.4 Å². The molecule has 1 aliphatic carbocycles. The van der Waals surface area contributed by atoms with E-state index in [9.17, 15) is 0 Å². The zero-order valence-electron chi connectivity index (χ0n) is 11.1. The first kappa shape index (κ1) is 17.6. The van der Waals surface area contributed by atoms with E-state index in [0.717, 1.165) is 32.0 Å². The van der Waals surface area contributed by atoms with Crippen molar-refractivity contribution in [2.24, 2.45) is 4.99 Å². The highest BCUT2D eigenvalue weighted by Crippen LogP contribution is 2.30. The van der Waals surface area contributed by atoms with E-state index in [1.807, 2.05) is 13.8 Å². The first-order valence-corrected chi connectivity index (χ1v) is 6.45. The summed E-state index contributed by atoms with van der Waals surface area (Å²) in [5, 5.41) is 3.36. The predicted molar refractivity (Wildman–Crippen MR) is 84.8 cm³/mol. The molecule has 1 unspecified atom stereocenters. The van der Waals surface area contributed by atoms with Gasteiger partial charge in [0.1, 0.15) is 6.61 Å². The largest absolute Gasteiger partial charge is 0.463 e. The van der Waals surface area contributed by atoms with Crippen molar-refractivity contribution in [1.29, 1.82) is 0 Å². The molecular weight excluding hydrogens is 235 g/mol. The minimum absolute atomic E-state index is 0. The zero-order valence-corrected chi connectivity index (χ0v) is 11.1. The first-order valence-electron chi connectivity index (χ1n) is 6.45. The number of ether oxygens (including phenoxy) is 1. The fourth-order valence-electron chi connectivity index (χ4n) is 2.28. The molecule has 1 N–H and O–H groups in total. The van der Waals surface area contributed by atoms with Crippen molar-refractivity contribution in [1.82, 2.24) is 5.32 Å². The number of hydrogen-bond acceptors (Lipinski definition) is 3. The SMILES string of the molecule is C.CC.[2HH].[B].c1ccc2c(c1)CCC2NC1=NCCO1. The number of aliphatic imine (C=N–C) groups is 1. The van der Waals surface area contributed by atoms with Gasteiger partial charge in [-0.15, -0.1) is 0 Å². The van der Waals surface area contributed by atoms with Gasteiger partial charge in [-0.25, -0.2) is 4.99 Å². The summed E-state index contributed by atoms with van der Waals surface area (Å²) in [5.74, 6) is 0. The van der Waals surface area contributed by atoms with Crippen LogP contribution in [-0.4, -0.2) is 27.6 Å². The zero-order chi connectivity index (χ0) is 12.1. The number of aryl methyl sites for hydroxylation is 1. The van der Waals surface area contributed by atoms with Gasteiger partial charge in [0.05, 0.1) is 12.6 Å². The maximum atomic E-state index is 5.37. The molecule has 1 heterocycles. The molecule has 0 spiro atoms. The summed E-state index contributed by atoms with van der Waals surface area (Å²) in [7, 11) is 0. The first-order chi connectivity index (χ1) is 8.43. The Morgan fingerprint density at radius 3 is 2.74 bits per heavy atom. The molecule has 4 heteroatoms. The highest BCUT2D eigenvalue weighted by Gasteiger charge is 2.23. The van der Waals surface area contributed by atoms with Crippen molar-refractivity contribution in [3.63, 3.8) is 0 Å². The summed E-state index contributed by atoms with van der Waals surface area (Å²) >= 11 is 0. The van der Waals surface area contributed by atoms with Crippen LogP contribution in [0, 0.1) is 0 Å². The molecule has 3 nitrogen and oxygen atoms in total. The second-order valence-electron chi connectivity index (χ2n) is 3.97. The fraction of sp³-hybridized carbons (Fsp3) is 0.533. The second kappa shape index (κ2) is 8.62. The number of amidine groups is 1. The van der Waals surface area contributed by atoms with E-state index in [0.29, 0.717) is 6.04 Å². The van der Waals surface area contributed by atoms with Gasteiger partial charge < -0.3 is 10.1 Å². The number of benzene rings is 1. The van der Waals surface area contributed by atoms with Crippen LogP contribution in [0.3, 0.4) is 0 Å². The third kappa shape index (κ3) is 4.02. The van der Waals surface area contributed by atoms with Gasteiger partial charge >= 0.3 is 0 Å². The van der Waals surface area contributed by atoms with E-state index in [1.165, 1.54) is 11.1 Å². The van der Waals surface area contributed by atoms with Crippen molar-refractivity contribution in [3.05, 3.63) is 35.4 Å². The Morgan fingerprint density at radius 1 is 1.32 bits per heavy atom.